The van der Waals surface area contributed by atoms with E-state index in [2.05, 4.69) is 17.5 Å². The maximum absolute atomic E-state index is 11.4. The molecule has 7 nitrogen and oxygen atoms in total. The summed E-state index contributed by atoms with van der Waals surface area (Å²) in [5.41, 5.74) is 6.62. The third-order valence-corrected chi connectivity index (χ3v) is 3.07. The van der Waals surface area contributed by atoms with Crippen molar-refractivity contribution < 1.29 is 14.1 Å². The first-order valence-electron chi connectivity index (χ1n) is 6.50. The van der Waals surface area contributed by atoms with Gasteiger partial charge in [0.2, 0.25) is 5.91 Å². The van der Waals surface area contributed by atoms with Crippen LogP contribution in [0.5, 0.6) is 0 Å². The summed E-state index contributed by atoms with van der Waals surface area (Å²) in [5, 5.41) is 13.0. The van der Waals surface area contributed by atoms with Crippen LogP contribution in [-0.4, -0.2) is 15.9 Å². The zero-order valence-corrected chi connectivity index (χ0v) is 12.9. The number of hydrogen-bond acceptors (Lipinski definition) is 5. The normalized spacial score (nSPS) is 10.7. The lowest BCUT2D eigenvalue weighted by atomic mass is 10.1. The molecule has 23 heavy (non-hydrogen) atoms. The SMILES string of the molecule is Cc1ccc([N+](=O)[O-])cc1-c1ccc(/C=C/C(=O)NC(N)=S)o1. The van der Waals surface area contributed by atoms with Crippen molar-refractivity contribution in [1.82, 2.24) is 5.32 Å². The van der Waals surface area contributed by atoms with Gasteiger partial charge in [0, 0.05) is 23.8 Å². The number of nitrogens with zero attached hydrogens (tertiary/aromatic N) is 1. The highest BCUT2D eigenvalue weighted by atomic mass is 32.1. The van der Waals surface area contributed by atoms with E-state index in [1.807, 2.05) is 6.92 Å². The van der Waals surface area contributed by atoms with E-state index in [0.717, 1.165) is 5.56 Å². The molecule has 1 aromatic heterocycles. The number of furan rings is 1. The van der Waals surface area contributed by atoms with Crippen LogP contribution in [-0.2, 0) is 4.79 Å². The van der Waals surface area contributed by atoms with Crippen molar-refractivity contribution in [3.05, 3.63) is 57.8 Å². The molecule has 0 saturated carbocycles. The molecule has 1 aromatic carbocycles. The van der Waals surface area contributed by atoms with Crippen LogP contribution in [0, 0.1) is 17.0 Å². The molecule has 0 saturated heterocycles. The number of nitro benzene ring substituents is 1. The second-order valence-electron chi connectivity index (χ2n) is 4.65. The summed E-state index contributed by atoms with van der Waals surface area (Å²) in [6, 6.07) is 7.86. The third-order valence-electron chi connectivity index (χ3n) is 2.97. The summed E-state index contributed by atoms with van der Waals surface area (Å²) < 4.78 is 5.59. The minimum absolute atomic E-state index is 0.0186. The van der Waals surface area contributed by atoms with E-state index in [9.17, 15) is 14.9 Å². The van der Waals surface area contributed by atoms with Gasteiger partial charge in [0.1, 0.15) is 11.5 Å². The highest BCUT2D eigenvalue weighted by Crippen LogP contribution is 2.29. The second-order valence-corrected chi connectivity index (χ2v) is 5.09. The molecule has 0 atom stereocenters. The zero-order chi connectivity index (χ0) is 17.0. The van der Waals surface area contributed by atoms with E-state index in [4.69, 9.17) is 10.2 Å². The van der Waals surface area contributed by atoms with Crippen LogP contribution < -0.4 is 11.1 Å². The Kier molecular flexibility index (Phi) is 4.87. The number of carbonyl (C=O) groups is 1. The van der Waals surface area contributed by atoms with Crippen LogP contribution in [0.4, 0.5) is 5.69 Å². The molecule has 8 heteroatoms. The summed E-state index contributed by atoms with van der Waals surface area (Å²) in [5.74, 6) is 0.423. The van der Waals surface area contributed by atoms with Gasteiger partial charge in [-0.2, -0.15) is 0 Å². The molecule has 1 heterocycles. The molecule has 0 radical (unpaired) electrons. The Labute approximate surface area is 136 Å². The first-order valence-corrected chi connectivity index (χ1v) is 6.91. The molecule has 118 valence electrons. The lowest BCUT2D eigenvalue weighted by molar-refractivity contribution is -0.384. The molecule has 0 unspecified atom stereocenters. The van der Waals surface area contributed by atoms with Gasteiger partial charge in [-0.15, -0.1) is 0 Å². The second kappa shape index (κ2) is 6.84. The topological polar surface area (TPSA) is 111 Å². The minimum Gasteiger partial charge on any atom is -0.457 e. The lowest BCUT2D eigenvalue weighted by Gasteiger charge is -2.02. The van der Waals surface area contributed by atoms with E-state index in [1.54, 1.807) is 18.2 Å². The van der Waals surface area contributed by atoms with Crippen LogP contribution in [0.2, 0.25) is 0 Å². The number of non-ortho nitro benzene ring substituents is 1. The lowest BCUT2D eigenvalue weighted by Crippen LogP contribution is -2.33. The number of rotatable bonds is 4. The molecule has 0 aliphatic carbocycles. The molecule has 0 bridgehead atoms. The number of nitrogens with one attached hydrogen (secondary N) is 1. The number of nitro groups is 1. The maximum Gasteiger partial charge on any atom is 0.270 e. The number of thiocarbonyl (C=S) groups is 1. The Bertz CT molecular complexity index is 811. The summed E-state index contributed by atoms with van der Waals surface area (Å²) in [6.07, 6.45) is 2.67. The molecule has 0 aliphatic rings. The van der Waals surface area contributed by atoms with E-state index in [1.165, 1.54) is 24.3 Å². The molecular formula is C15H13N3O4S. The smallest absolute Gasteiger partial charge is 0.270 e. The summed E-state index contributed by atoms with van der Waals surface area (Å²) in [4.78, 5) is 21.8. The van der Waals surface area contributed by atoms with Crippen molar-refractivity contribution >= 4 is 35.0 Å². The van der Waals surface area contributed by atoms with Crippen LogP contribution in [0.3, 0.4) is 0 Å². The van der Waals surface area contributed by atoms with Crippen molar-refractivity contribution in [2.75, 3.05) is 0 Å². The molecule has 0 aliphatic heterocycles. The first-order chi connectivity index (χ1) is 10.9. The number of aryl methyl sites for hydroxylation is 1. The Morgan fingerprint density at radius 2 is 2.13 bits per heavy atom. The van der Waals surface area contributed by atoms with Gasteiger partial charge in [-0.3, -0.25) is 20.2 Å². The van der Waals surface area contributed by atoms with Crippen molar-refractivity contribution in [3.63, 3.8) is 0 Å². The monoisotopic (exact) mass is 331 g/mol. The predicted molar refractivity (Wildman–Crippen MR) is 89.5 cm³/mol. The number of benzene rings is 1. The zero-order valence-electron chi connectivity index (χ0n) is 12.1. The van der Waals surface area contributed by atoms with Crippen molar-refractivity contribution in [3.8, 4) is 11.3 Å². The van der Waals surface area contributed by atoms with Gasteiger partial charge in [-0.1, -0.05) is 6.07 Å². The van der Waals surface area contributed by atoms with E-state index >= 15 is 0 Å². The van der Waals surface area contributed by atoms with Crippen LogP contribution in [0.25, 0.3) is 17.4 Å². The quantitative estimate of drug-likeness (QED) is 0.385. The van der Waals surface area contributed by atoms with Crippen LogP contribution in [0.1, 0.15) is 11.3 Å². The van der Waals surface area contributed by atoms with Gasteiger partial charge in [-0.05, 0) is 42.9 Å². The number of carbonyl (C=O) groups excluding carboxylic acids is 1. The van der Waals surface area contributed by atoms with Gasteiger partial charge in [0.15, 0.2) is 5.11 Å². The highest BCUT2D eigenvalue weighted by Gasteiger charge is 2.12. The number of amides is 1. The number of hydrogen-bond donors (Lipinski definition) is 2. The van der Waals surface area contributed by atoms with Gasteiger partial charge in [-0.25, -0.2) is 0 Å². The molecule has 0 fully saturated rings. The van der Waals surface area contributed by atoms with E-state index in [-0.39, 0.29) is 10.8 Å². The summed E-state index contributed by atoms with van der Waals surface area (Å²) in [6.45, 7) is 1.83. The molecule has 2 rings (SSSR count). The van der Waals surface area contributed by atoms with Crippen molar-refractivity contribution in [1.29, 1.82) is 0 Å². The standard InChI is InChI=1S/C15H13N3O4S/c1-9-2-3-10(18(20)21)8-12(9)13-6-4-11(22-13)5-7-14(19)17-15(16)23/h2-8H,1H3,(H3,16,17,19,23)/b7-5+. The molecule has 2 aromatic rings. The third kappa shape index (κ3) is 4.24. The van der Waals surface area contributed by atoms with Crippen molar-refractivity contribution in [2.45, 2.75) is 6.92 Å². The number of nitrogens with two attached hydrogens (primary N) is 1. The fourth-order valence-electron chi connectivity index (χ4n) is 1.90. The largest absolute Gasteiger partial charge is 0.457 e. The Morgan fingerprint density at radius 1 is 1.39 bits per heavy atom. The maximum atomic E-state index is 11.4. The Hall–Kier alpha value is -3.00. The Balaban J connectivity index is 2.24. The fourth-order valence-corrected chi connectivity index (χ4v) is 2.00. The van der Waals surface area contributed by atoms with Crippen molar-refractivity contribution in [2.24, 2.45) is 5.73 Å². The Morgan fingerprint density at radius 3 is 2.78 bits per heavy atom. The molecular weight excluding hydrogens is 318 g/mol. The summed E-state index contributed by atoms with van der Waals surface area (Å²) in [7, 11) is 0. The molecule has 3 N–H and O–H groups in total. The fraction of sp³-hybridized carbons (Fsp3) is 0.0667. The van der Waals surface area contributed by atoms with Gasteiger partial charge in [0.05, 0.1) is 4.92 Å². The highest BCUT2D eigenvalue weighted by molar-refractivity contribution is 7.80. The van der Waals surface area contributed by atoms with Crippen LogP contribution in [0.15, 0.2) is 40.8 Å². The molecule has 1 amide bonds. The first kappa shape index (κ1) is 16.4. The average Bonchev–Trinajstić information content (AvgIpc) is 2.93. The average molecular weight is 331 g/mol. The van der Waals surface area contributed by atoms with Gasteiger partial charge in [0.25, 0.3) is 5.69 Å². The predicted octanol–water partition coefficient (Wildman–Crippen LogP) is 2.54. The summed E-state index contributed by atoms with van der Waals surface area (Å²) >= 11 is 4.55. The van der Waals surface area contributed by atoms with E-state index in [0.29, 0.717) is 17.1 Å². The van der Waals surface area contributed by atoms with Gasteiger partial charge >= 0.3 is 0 Å². The minimum atomic E-state index is -0.470. The van der Waals surface area contributed by atoms with Gasteiger partial charge < -0.3 is 10.2 Å². The molecule has 0 spiro atoms. The van der Waals surface area contributed by atoms with E-state index < -0.39 is 10.8 Å². The van der Waals surface area contributed by atoms with Crippen LogP contribution >= 0.6 is 12.2 Å².